The van der Waals surface area contributed by atoms with Gasteiger partial charge in [-0.3, -0.25) is 4.79 Å². The van der Waals surface area contributed by atoms with E-state index in [1.165, 1.54) is 11.8 Å². The smallest absolute Gasteiger partial charge is 0.277 e. The van der Waals surface area contributed by atoms with E-state index in [1.54, 1.807) is 0 Å². The van der Waals surface area contributed by atoms with E-state index in [0.29, 0.717) is 24.1 Å². The van der Waals surface area contributed by atoms with E-state index in [2.05, 4.69) is 15.5 Å². The zero-order valence-corrected chi connectivity index (χ0v) is 13.6. The Balaban J connectivity index is 1.41. The van der Waals surface area contributed by atoms with Gasteiger partial charge >= 0.3 is 0 Å². The summed E-state index contributed by atoms with van der Waals surface area (Å²) in [5, 5.41) is 11.3. The van der Waals surface area contributed by atoms with Crippen molar-refractivity contribution in [2.24, 2.45) is 0 Å². The highest BCUT2D eigenvalue weighted by atomic mass is 32.2. The van der Waals surface area contributed by atoms with Crippen LogP contribution in [0.1, 0.15) is 24.3 Å². The Hall–Kier alpha value is -1.86. The Bertz CT molecular complexity index is 627. The number of benzene rings is 1. The maximum absolute atomic E-state index is 11.8. The number of nitrogens with one attached hydrogen (secondary N) is 1. The molecule has 0 aliphatic carbocycles. The average Bonchev–Trinajstić information content (AvgIpc) is 3.24. The third-order valence-electron chi connectivity index (χ3n) is 3.52. The van der Waals surface area contributed by atoms with Crippen LogP contribution in [0.4, 0.5) is 0 Å². The van der Waals surface area contributed by atoms with Gasteiger partial charge in [-0.1, -0.05) is 42.1 Å². The van der Waals surface area contributed by atoms with Gasteiger partial charge in [0.25, 0.3) is 5.22 Å². The normalized spacial score (nSPS) is 17.3. The lowest BCUT2D eigenvalue weighted by atomic mass is 10.2. The predicted molar refractivity (Wildman–Crippen MR) is 86.3 cm³/mol. The first-order valence-corrected chi connectivity index (χ1v) is 8.65. The fraction of sp³-hybridized carbons (Fsp3) is 0.438. The van der Waals surface area contributed by atoms with Gasteiger partial charge < -0.3 is 14.5 Å². The lowest BCUT2D eigenvalue weighted by molar-refractivity contribution is -0.119. The molecule has 0 saturated carbocycles. The van der Waals surface area contributed by atoms with E-state index in [-0.39, 0.29) is 17.8 Å². The van der Waals surface area contributed by atoms with Crippen LogP contribution >= 0.6 is 11.8 Å². The van der Waals surface area contributed by atoms with Crippen molar-refractivity contribution in [2.75, 3.05) is 18.9 Å². The maximum atomic E-state index is 11.8. The summed E-state index contributed by atoms with van der Waals surface area (Å²) in [7, 11) is 0. The van der Waals surface area contributed by atoms with Crippen molar-refractivity contribution in [1.29, 1.82) is 0 Å². The fourth-order valence-corrected chi connectivity index (χ4v) is 2.96. The molecule has 1 fully saturated rings. The van der Waals surface area contributed by atoms with Crippen molar-refractivity contribution in [3.05, 3.63) is 41.8 Å². The van der Waals surface area contributed by atoms with Gasteiger partial charge in [0.2, 0.25) is 11.8 Å². The van der Waals surface area contributed by atoms with E-state index < -0.39 is 0 Å². The summed E-state index contributed by atoms with van der Waals surface area (Å²) >= 11 is 1.25. The second-order valence-corrected chi connectivity index (χ2v) is 6.28. The predicted octanol–water partition coefficient (Wildman–Crippen LogP) is 2.05. The molecule has 1 aliphatic heterocycles. The average molecular weight is 333 g/mol. The second kappa shape index (κ2) is 8.12. The molecule has 23 heavy (non-hydrogen) atoms. The summed E-state index contributed by atoms with van der Waals surface area (Å²) in [6.07, 6.45) is 2.84. The molecule has 3 rings (SSSR count). The van der Waals surface area contributed by atoms with E-state index in [0.717, 1.165) is 25.0 Å². The zero-order chi connectivity index (χ0) is 15.9. The summed E-state index contributed by atoms with van der Waals surface area (Å²) in [6, 6.07) is 9.93. The van der Waals surface area contributed by atoms with E-state index in [1.807, 2.05) is 30.3 Å². The number of hydrogen-bond acceptors (Lipinski definition) is 6. The largest absolute Gasteiger partial charge is 0.416 e. The van der Waals surface area contributed by atoms with Crippen LogP contribution in [0.2, 0.25) is 0 Å². The molecule has 7 heteroatoms. The molecular weight excluding hydrogens is 314 g/mol. The molecule has 1 aliphatic rings. The highest BCUT2D eigenvalue weighted by molar-refractivity contribution is 7.99. The van der Waals surface area contributed by atoms with Gasteiger partial charge in [-0.2, -0.15) is 0 Å². The lowest BCUT2D eigenvalue weighted by Gasteiger charge is -2.09. The first kappa shape index (κ1) is 16.0. The quantitative estimate of drug-likeness (QED) is 0.782. The van der Waals surface area contributed by atoms with Gasteiger partial charge in [0.05, 0.1) is 18.3 Å². The number of rotatable bonds is 7. The first-order chi connectivity index (χ1) is 11.3. The number of carbonyl (C=O) groups is 1. The standard InChI is InChI=1S/C16H19N3O3S/c20-14(17-10-13-7-4-8-21-13)11-23-16-19-18-15(22-16)9-12-5-2-1-3-6-12/h1-3,5-6,13H,4,7-11H2,(H,17,20)/t13-/m1/s1. The Labute approximate surface area is 139 Å². The molecule has 1 saturated heterocycles. The molecule has 0 unspecified atom stereocenters. The number of carbonyl (C=O) groups excluding carboxylic acids is 1. The maximum Gasteiger partial charge on any atom is 0.277 e. The highest BCUT2D eigenvalue weighted by Crippen LogP contribution is 2.17. The molecule has 1 amide bonds. The SMILES string of the molecule is O=C(CSc1nnc(Cc2ccccc2)o1)NC[C@H]1CCCO1. The number of amides is 1. The Kier molecular flexibility index (Phi) is 5.65. The van der Waals surface area contributed by atoms with Crippen molar-refractivity contribution < 1.29 is 13.9 Å². The van der Waals surface area contributed by atoms with Crippen LogP contribution in [-0.4, -0.2) is 41.1 Å². The molecule has 1 aromatic carbocycles. The minimum atomic E-state index is -0.0479. The van der Waals surface area contributed by atoms with Crippen molar-refractivity contribution in [2.45, 2.75) is 30.6 Å². The summed E-state index contributed by atoms with van der Waals surface area (Å²) in [5.74, 6) is 0.770. The fourth-order valence-electron chi connectivity index (χ4n) is 2.35. The van der Waals surface area contributed by atoms with Crippen molar-refractivity contribution in [3.8, 4) is 0 Å². The van der Waals surface area contributed by atoms with Gasteiger partial charge in [0, 0.05) is 13.2 Å². The number of nitrogens with zero attached hydrogens (tertiary/aromatic N) is 2. The van der Waals surface area contributed by atoms with Gasteiger partial charge in [-0.25, -0.2) is 0 Å². The lowest BCUT2D eigenvalue weighted by Crippen LogP contribution is -2.32. The van der Waals surface area contributed by atoms with Crippen molar-refractivity contribution in [3.63, 3.8) is 0 Å². The van der Waals surface area contributed by atoms with Crippen LogP contribution < -0.4 is 5.32 Å². The molecular formula is C16H19N3O3S. The third-order valence-corrected chi connectivity index (χ3v) is 4.34. The molecule has 122 valence electrons. The molecule has 1 atom stereocenters. The minimum Gasteiger partial charge on any atom is -0.416 e. The van der Waals surface area contributed by atoms with Crippen LogP contribution in [0.25, 0.3) is 0 Å². The van der Waals surface area contributed by atoms with Crippen LogP contribution in [0.3, 0.4) is 0 Å². The Morgan fingerprint density at radius 3 is 2.96 bits per heavy atom. The molecule has 0 spiro atoms. The minimum absolute atomic E-state index is 0.0479. The van der Waals surface area contributed by atoms with Gasteiger partial charge in [-0.15, -0.1) is 10.2 Å². The molecule has 1 N–H and O–H groups in total. The highest BCUT2D eigenvalue weighted by Gasteiger charge is 2.16. The second-order valence-electron chi connectivity index (χ2n) is 5.35. The van der Waals surface area contributed by atoms with Crippen molar-refractivity contribution in [1.82, 2.24) is 15.5 Å². The van der Waals surface area contributed by atoms with Crippen LogP contribution in [0.15, 0.2) is 40.0 Å². The van der Waals surface area contributed by atoms with Crippen LogP contribution in [0, 0.1) is 0 Å². The first-order valence-electron chi connectivity index (χ1n) is 7.67. The van der Waals surface area contributed by atoms with Gasteiger partial charge in [-0.05, 0) is 18.4 Å². The van der Waals surface area contributed by atoms with Crippen LogP contribution in [-0.2, 0) is 16.0 Å². The molecule has 0 bridgehead atoms. The summed E-state index contributed by atoms with van der Waals surface area (Å²) in [6.45, 7) is 1.37. The van der Waals surface area contributed by atoms with Crippen molar-refractivity contribution >= 4 is 17.7 Å². The number of hydrogen-bond donors (Lipinski definition) is 1. The third kappa shape index (κ3) is 5.07. The topological polar surface area (TPSA) is 77.2 Å². The number of aromatic nitrogens is 2. The Morgan fingerprint density at radius 2 is 2.17 bits per heavy atom. The van der Waals surface area contributed by atoms with Crippen LogP contribution in [0.5, 0.6) is 0 Å². The molecule has 6 nitrogen and oxygen atoms in total. The van der Waals surface area contributed by atoms with E-state index in [9.17, 15) is 4.79 Å². The molecule has 0 radical (unpaired) electrons. The molecule has 2 heterocycles. The monoisotopic (exact) mass is 333 g/mol. The summed E-state index contributed by atoms with van der Waals surface area (Å²) in [4.78, 5) is 11.8. The summed E-state index contributed by atoms with van der Waals surface area (Å²) < 4.78 is 11.0. The van der Waals surface area contributed by atoms with E-state index >= 15 is 0 Å². The molecule has 2 aromatic rings. The number of thioether (sulfide) groups is 1. The van der Waals surface area contributed by atoms with Gasteiger partial charge in [0.15, 0.2) is 0 Å². The molecule has 1 aromatic heterocycles. The summed E-state index contributed by atoms with van der Waals surface area (Å²) in [5.41, 5.74) is 1.11. The zero-order valence-electron chi connectivity index (χ0n) is 12.7. The number of ether oxygens (including phenoxy) is 1. The Morgan fingerprint density at radius 1 is 1.30 bits per heavy atom. The van der Waals surface area contributed by atoms with E-state index in [4.69, 9.17) is 9.15 Å². The van der Waals surface area contributed by atoms with Gasteiger partial charge in [0.1, 0.15) is 0 Å².